The van der Waals surface area contributed by atoms with Crippen LogP contribution in [0.3, 0.4) is 0 Å². The number of rotatable bonds is 4. The van der Waals surface area contributed by atoms with E-state index in [0.29, 0.717) is 10.4 Å². The van der Waals surface area contributed by atoms with Gasteiger partial charge in [0.15, 0.2) is 0 Å². The average Bonchev–Trinajstić information content (AvgIpc) is 2.75. The summed E-state index contributed by atoms with van der Waals surface area (Å²) >= 11 is 6.09. The Morgan fingerprint density at radius 3 is 2.52 bits per heavy atom. The van der Waals surface area contributed by atoms with Gasteiger partial charge in [-0.25, -0.2) is 9.18 Å². The first-order valence-electron chi connectivity index (χ1n) is 9.55. The summed E-state index contributed by atoms with van der Waals surface area (Å²) in [6, 6.07) is 14.4. The first-order chi connectivity index (χ1) is 15.6. The molecule has 4 aromatic rings. The number of amides is 1. The minimum Gasteiger partial charge on any atom is -0.325 e. The van der Waals surface area contributed by atoms with Crippen LogP contribution in [-0.2, 0) is 17.5 Å². The quantitative estimate of drug-likeness (QED) is 0.396. The summed E-state index contributed by atoms with van der Waals surface area (Å²) in [5.74, 6) is -1.33. The number of halogens is 5. The molecular weight excluding hydrogens is 462 g/mol. The maximum Gasteiger partial charge on any atom is 0.416 e. The van der Waals surface area contributed by atoms with Gasteiger partial charge in [0.1, 0.15) is 12.4 Å². The highest BCUT2D eigenvalue weighted by Crippen LogP contribution is 2.31. The Balaban J connectivity index is 1.73. The summed E-state index contributed by atoms with van der Waals surface area (Å²) in [4.78, 5) is 29.3. The first kappa shape index (κ1) is 22.5. The van der Waals surface area contributed by atoms with E-state index in [0.717, 1.165) is 22.8 Å². The van der Waals surface area contributed by atoms with Gasteiger partial charge < -0.3 is 5.32 Å². The van der Waals surface area contributed by atoms with Gasteiger partial charge in [-0.15, -0.1) is 0 Å². The molecular formula is C23H14ClF4N3O2. The molecule has 1 heterocycles. The Morgan fingerprint density at radius 1 is 1.03 bits per heavy atom. The van der Waals surface area contributed by atoms with Crippen molar-refractivity contribution >= 4 is 34.1 Å². The number of nitrogens with one attached hydrogen (secondary N) is 1. The molecule has 1 N–H and O–H groups in total. The smallest absolute Gasteiger partial charge is 0.325 e. The SMILES string of the molecule is O=C(Cn1c(=O)nc(-c2ccccc2F)c2cc(Cl)ccc21)Nc1cccc(C(F)(F)F)c1. The molecule has 33 heavy (non-hydrogen) atoms. The minimum absolute atomic E-state index is 0.0603. The molecule has 0 aliphatic heterocycles. The van der Waals surface area contributed by atoms with E-state index in [1.807, 2.05) is 0 Å². The van der Waals surface area contributed by atoms with Crippen molar-refractivity contribution in [1.29, 1.82) is 0 Å². The van der Waals surface area contributed by atoms with Gasteiger partial charge in [0, 0.05) is 21.7 Å². The largest absolute Gasteiger partial charge is 0.416 e. The van der Waals surface area contributed by atoms with Crippen LogP contribution in [0.4, 0.5) is 23.2 Å². The molecule has 10 heteroatoms. The fourth-order valence-electron chi connectivity index (χ4n) is 3.38. The molecule has 0 aliphatic carbocycles. The molecule has 0 saturated heterocycles. The third-order valence-electron chi connectivity index (χ3n) is 4.85. The minimum atomic E-state index is -4.57. The third-order valence-corrected chi connectivity index (χ3v) is 5.08. The number of aromatic nitrogens is 2. The van der Waals surface area contributed by atoms with E-state index in [9.17, 15) is 27.2 Å². The van der Waals surface area contributed by atoms with E-state index in [2.05, 4.69) is 10.3 Å². The summed E-state index contributed by atoms with van der Waals surface area (Å²) in [7, 11) is 0. The molecule has 0 fully saturated rings. The van der Waals surface area contributed by atoms with E-state index in [1.54, 1.807) is 6.07 Å². The number of hydrogen-bond acceptors (Lipinski definition) is 3. The van der Waals surface area contributed by atoms with E-state index >= 15 is 0 Å². The molecule has 0 saturated carbocycles. The molecule has 0 bridgehead atoms. The normalized spacial score (nSPS) is 11.5. The summed E-state index contributed by atoms with van der Waals surface area (Å²) in [5.41, 5.74) is -1.42. The van der Waals surface area contributed by atoms with Crippen LogP contribution in [-0.4, -0.2) is 15.5 Å². The van der Waals surface area contributed by atoms with E-state index in [1.165, 1.54) is 42.5 Å². The number of alkyl halides is 3. The number of nitrogens with zero attached hydrogens (tertiary/aromatic N) is 2. The number of fused-ring (bicyclic) bond motifs is 1. The van der Waals surface area contributed by atoms with Gasteiger partial charge in [0.25, 0.3) is 0 Å². The van der Waals surface area contributed by atoms with Crippen molar-refractivity contribution in [3.05, 3.63) is 93.6 Å². The number of carbonyl (C=O) groups is 1. The maximum absolute atomic E-state index is 14.4. The third kappa shape index (κ3) is 4.73. The second kappa shape index (κ2) is 8.67. The van der Waals surface area contributed by atoms with Crippen molar-refractivity contribution in [2.24, 2.45) is 0 Å². The lowest BCUT2D eigenvalue weighted by molar-refractivity contribution is -0.137. The number of hydrogen-bond donors (Lipinski definition) is 1. The zero-order chi connectivity index (χ0) is 23.8. The highest BCUT2D eigenvalue weighted by atomic mass is 35.5. The van der Waals surface area contributed by atoms with Gasteiger partial charge >= 0.3 is 11.9 Å². The molecule has 0 unspecified atom stereocenters. The molecule has 0 spiro atoms. The summed E-state index contributed by atoms with van der Waals surface area (Å²) in [6.07, 6.45) is -4.57. The topological polar surface area (TPSA) is 64.0 Å². The van der Waals surface area contributed by atoms with Crippen molar-refractivity contribution in [3.8, 4) is 11.3 Å². The second-order valence-corrected chi connectivity index (χ2v) is 7.53. The molecule has 0 atom stereocenters. The van der Waals surface area contributed by atoms with Crippen LogP contribution in [0.1, 0.15) is 5.56 Å². The zero-order valence-electron chi connectivity index (χ0n) is 16.7. The Bertz CT molecular complexity index is 1430. The Labute approximate surface area is 189 Å². The predicted octanol–water partition coefficient (Wildman–Crippen LogP) is 5.51. The Hall–Kier alpha value is -3.72. The molecule has 1 amide bonds. The van der Waals surface area contributed by atoms with Gasteiger partial charge in [-0.1, -0.05) is 29.8 Å². The second-order valence-electron chi connectivity index (χ2n) is 7.10. The van der Waals surface area contributed by atoms with Gasteiger partial charge in [-0.3, -0.25) is 9.36 Å². The molecule has 0 radical (unpaired) electrons. The fourth-order valence-corrected chi connectivity index (χ4v) is 3.55. The fraction of sp³-hybridized carbons (Fsp3) is 0.0870. The lowest BCUT2D eigenvalue weighted by atomic mass is 10.1. The summed E-state index contributed by atoms with van der Waals surface area (Å²) in [6.45, 7) is -0.530. The average molecular weight is 476 g/mol. The van der Waals surface area contributed by atoms with Crippen molar-refractivity contribution in [3.63, 3.8) is 0 Å². The molecule has 5 nitrogen and oxygen atoms in total. The van der Waals surface area contributed by atoms with Crippen molar-refractivity contribution in [2.75, 3.05) is 5.32 Å². The molecule has 0 aliphatic rings. The maximum atomic E-state index is 14.4. The van der Waals surface area contributed by atoms with E-state index in [4.69, 9.17) is 11.6 Å². The summed E-state index contributed by atoms with van der Waals surface area (Å²) in [5, 5.41) is 2.99. The number of carbonyl (C=O) groups excluding carboxylic acids is 1. The standard InChI is InChI=1S/C23H14ClF4N3O2/c24-14-8-9-19-17(11-14)21(16-6-1-2-7-18(16)25)30-22(33)31(19)12-20(32)29-15-5-3-4-13(10-15)23(26,27)28/h1-11H,12H2,(H,29,32). The summed E-state index contributed by atoms with van der Waals surface area (Å²) < 4.78 is 54.2. The van der Waals surface area contributed by atoms with Crippen molar-refractivity contribution in [2.45, 2.75) is 12.7 Å². The van der Waals surface area contributed by atoms with Crippen molar-refractivity contribution < 1.29 is 22.4 Å². The van der Waals surface area contributed by atoms with Crippen LogP contribution < -0.4 is 11.0 Å². The van der Waals surface area contributed by atoms with Crippen LogP contribution in [0.2, 0.25) is 5.02 Å². The highest BCUT2D eigenvalue weighted by Gasteiger charge is 2.30. The molecule has 168 valence electrons. The zero-order valence-corrected chi connectivity index (χ0v) is 17.4. The van der Waals surface area contributed by atoms with Crippen LogP contribution in [0, 0.1) is 5.82 Å². The predicted molar refractivity (Wildman–Crippen MR) is 116 cm³/mol. The van der Waals surface area contributed by atoms with E-state index in [-0.39, 0.29) is 22.5 Å². The lowest BCUT2D eigenvalue weighted by Crippen LogP contribution is -2.30. The number of anilines is 1. The Morgan fingerprint density at radius 2 is 1.79 bits per heavy atom. The van der Waals surface area contributed by atoms with Gasteiger partial charge in [-0.2, -0.15) is 18.2 Å². The van der Waals surface area contributed by atoms with E-state index < -0.39 is 35.7 Å². The highest BCUT2D eigenvalue weighted by molar-refractivity contribution is 6.31. The van der Waals surface area contributed by atoms with Crippen LogP contribution in [0.25, 0.3) is 22.2 Å². The van der Waals surface area contributed by atoms with Gasteiger partial charge in [-0.05, 0) is 48.5 Å². The van der Waals surface area contributed by atoms with Crippen LogP contribution in [0.5, 0.6) is 0 Å². The molecule has 1 aromatic heterocycles. The lowest BCUT2D eigenvalue weighted by Gasteiger charge is -2.14. The monoisotopic (exact) mass is 475 g/mol. The van der Waals surface area contributed by atoms with Crippen molar-refractivity contribution in [1.82, 2.24) is 9.55 Å². The molecule has 4 rings (SSSR count). The van der Waals surface area contributed by atoms with Gasteiger partial charge in [0.05, 0.1) is 16.8 Å². The number of benzene rings is 3. The van der Waals surface area contributed by atoms with Gasteiger partial charge in [0.2, 0.25) is 5.91 Å². The Kier molecular flexibility index (Phi) is 5.90. The molecule has 3 aromatic carbocycles. The first-order valence-corrected chi connectivity index (χ1v) is 9.93. The van der Waals surface area contributed by atoms with Crippen LogP contribution >= 0.6 is 11.6 Å². The van der Waals surface area contributed by atoms with Crippen LogP contribution in [0.15, 0.2) is 71.5 Å².